The van der Waals surface area contributed by atoms with Crippen molar-refractivity contribution < 1.29 is 9.94 Å². The highest BCUT2D eigenvalue weighted by Gasteiger charge is 2.07. The molecule has 0 spiro atoms. The van der Waals surface area contributed by atoms with Crippen LogP contribution in [0, 0.1) is 0 Å². The fraction of sp³-hybridized carbons (Fsp3) is 0.133. The first-order chi connectivity index (χ1) is 9.20. The van der Waals surface area contributed by atoms with Gasteiger partial charge in [0.25, 0.3) is 0 Å². The molecule has 1 atom stereocenters. The van der Waals surface area contributed by atoms with Gasteiger partial charge in [0, 0.05) is 5.56 Å². The average Bonchev–Trinajstić information content (AvgIpc) is 2.48. The predicted octanol–water partition coefficient (Wildman–Crippen LogP) is 2.92. The first-order valence-electron chi connectivity index (χ1n) is 6.00. The summed E-state index contributed by atoms with van der Waals surface area (Å²) in [5.41, 5.74) is 7.26. The van der Waals surface area contributed by atoms with Crippen molar-refractivity contribution in [1.82, 2.24) is 0 Å². The SMILES string of the molecule is CC(Oc1ccc(/C(N)=N/O)cc1)c1ccccc1. The number of hydrogen-bond acceptors (Lipinski definition) is 3. The highest BCUT2D eigenvalue weighted by atomic mass is 16.5. The summed E-state index contributed by atoms with van der Waals surface area (Å²) in [6.07, 6.45) is -0.0316. The summed E-state index contributed by atoms with van der Waals surface area (Å²) >= 11 is 0. The van der Waals surface area contributed by atoms with Gasteiger partial charge >= 0.3 is 0 Å². The Hall–Kier alpha value is -2.49. The molecule has 0 heterocycles. The highest BCUT2D eigenvalue weighted by molar-refractivity contribution is 5.97. The molecule has 0 saturated carbocycles. The topological polar surface area (TPSA) is 67.8 Å². The summed E-state index contributed by atoms with van der Waals surface area (Å²) in [4.78, 5) is 0. The van der Waals surface area contributed by atoms with E-state index in [1.54, 1.807) is 24.3 Å². The van der Waals surface area contributed by atoms with Crippen LogP contribution >= 0.6 is 0 Å². The second-order valence-electron chi connectivity index (χ2n) is 4.18. The van der Waals surface area contributed by atoms with Crippen LogP contribution in [0.3, 0.4) is 0 Å². The van der Waals surface area contributed by atoms with Crippen molar-refractivity contribution in [2.24, 2.45) is 10.9 Å². The minimum Gasteiger partial charge on any atom is -0.486 e. The lowest BCUT2D eigenvalue weighted by Crippen LogP contribution is -2.12. The number of rotatable bonds is 4. The quantitative estimate of drug-likeness (QED) is 0.382. The Labute approximate surface area is 112 Å². The van der Waals surface area contributed by atoms with Crippen LogP contribution in [0.1, 0.15) is 24.2 Å². The third-order valence-electron chi connectivity index (χ3n) is 2.84. The monoisotopic (exact) mass is 256 g/mol. The van der Waals surface area contributed by atoms with Gasteiger partial charge in [-0.2, -0.15) is 0 Å². The van der Waals surface area contributed by atoms with Gasteiger partial charge in [0.15, 0.2) is 5.84 Å². The molecule has 2 aromatic rings. The molecule has 0 aliphatic heterocycles. The van der Waals surface area contributed by atoms with Crippen molar-refractivity contribution in [1.29, 1.82) is 0 Å². The molecule has 4 heteroatoms. The van der Waals surface area contributed by atoms with Crippen molar-refractivity contribution in [2.45, 2.75) is 13.0 Å². The third-order valence-corrected chi connectivity index (χ3v) is 2.84. The van der Waals surface area contributed by atoms with Crippen LogP contribution in [0.2, 0.25) is 0 Å². The van der Waals surface area contributed by atoms with Crippen molar-refractivity contribution in [3.63, 3.8) is 0 Å². The van der Waals surface area contributed by atoms with E-state index in [2.05, 4.69) is 5.16 Å². The second-order valence-corrected chi connectivity index (χ2v) is 4.18. The smallest absolute Gasteiger partial charge is 0.170 e. The van der Waals surface area contributed by atoms with Crippen LogP contribution in [-0.2, 0) is 0 Å². The molecule has 0 amide bonds. The molecule has 0 aliphatic carbocycles. The molecule has 0 aromatic heterocycles. The number of nitrogens with zero attached hydrogens (tertiary/aromatic N) is 1. The molecule has 0 radical (unpaired) electrons. The van der Waals surface area contributed by atoms with E-state index in [0.717, 1.165) is 11.3 Å². The van der Waals surface area contributed by atoms with Gasteiger partial charge in [-0.1, -0.05) is 35.5 Å². The molecule has 2 rings (SSSR count). The third kappa shape index (κ3) is 3.25. The van der Waals surface area contributed by atoms with Crippen LogP contribution in [0.4, 0.5) is 0 Å². The zero-order valence-corrected chi connectivity index (χ0v) is 10.7. The summed E-state index contributed by atoms with van der Waals surface area (Å²) in [6.45, 7) is 1.99. The molecule has 4 nitrogen and oxygen atoms in total. The van der Waals surface area contributed by atoms with Crippen molar-refractivity contribution in [3.8, 4) is 5.75 Å². The Kier molecular flexibility index (Phi) is 4.03. The van der Waals surface area contributed by atoms with Crippen molar-refractivity contribution in [3.05, 3.63) is 65.7 Å². The zero-order chi connectivity index (χ0) is 13.7. The van der Waals surface area contributed by atoms with E-state index in [1.807, 2.05) is 37.3 Å². The summed E-state index contributed by atoms with van der Waals surface area (Å²) in [5, 5.41) is 11.5. The molecule has 3 N–H and O–H groups in total. The maximum Gasteiger partial charge on any atom is 0.170 e. The number of hydrogen-bond donors (Lipinski definition) is 2. The van der Waals surface area contributed by atoms with Crippen LogP contribution in [0.5, 0.6) is 5.75 Å². The number of oxime groups is 1. The molecule has 0 aliphatic rings. The van der Waals surface area contributed by atoms with E-state index >= 15 is 0 Å². The van der Waals surface area contributed by atoms with E-state index in [0.29, 0.717) is 5.56 Å². The Morgan fingerprint density at radius 2 is 1.74 bits per heavy atom. The summed E-state index contributed by atoms with van der Waals surface area (Å²) in [5.74, 6) is 0.827. The minimum atomic E-state index is -0.0316. The van der Waals surface area contributed by atoms with E-state index in [-0.39, 0.29) is 11.9 Å². The maximum absolute atomic E-state index is 8.58. The number of amidine groups is 1. The van der Waals surface area contributed by atoms with E-state index in [1.165, 1.54) is 0 Å². The molecule has 0 fully saturated rings. The van der Waals surface area contributed by atoms with Crippen LogP contribution < -0.4 is 10.5 Å². The molecule has 0 bridgehead atoms. The first kappa shape index (κ1) is 13.0. The fourth-order valence-electron chi connectivity index (χ4n) is 1.76. The van der Waals surface area contributed by atoms with Gasteiger partial charge in [-0.15, -0.1) is 0 Å². The molecular formula is C15H16N2O2. The van der Waals surface area contributed by atoms with Gasteiger partial charge < -0.3 is 15.7 Å². The van der Waals surface area contributed by atoms with Crippen molar-refractivity contribution in [2.75, 3.05) is 0 Å². The lowest BCUT2D eigenvalue weighted by molar-refractivity contribution is 0.227. The van der Waals surface area contributed by atoms with E-state index in [4.69, 9.17) is 15.7 Å². The van der Waals surface area contributed by atoms with Crippen LogP contribution in [0.15, 0.2) is 59.8 Å². The lowest BCUT2D eigenvalue weighted by atomic mass is 10.1. The maximum atomic E-state index is 8.58. The Morgan fingerprint density at radius 3 is 2.32 bits per heavy atom. The molecule has 19 heavy (non-hydrogen) atoms. The summed E-state index contributed by atoms with van der Waals surface area (Å²) in [7, 11) is 0. The Morgan fingerprint density at radius 1 is 1.11 bits per heavy atom. The van der Waals surface area contributed by atoms with Gasteiger partial charge in [0.05, 0.1) is 0 Å². The highest BCUT2D eigenvalue weighted by Crippen LogP contribution is 2.21. The van der Waals surface area contributed by atoms with Crippen LogP contribution in [-0.4, -0.2) is 11.0 Å². The largest absolute Gasteiger partial charge is 0.486 e. The van der Waals surface area contributed by atoms with Gasteiger partial charge in [-0.05, 0) is 36.8 Å². The number of benzene rings is 2. The molecule has 0 saturated heterocycles. The summed E-state index contributed by atoms with van der Waals surface area (Å²) in [6, 6.07) is 17.1. The minimum absolute atomic E-state index is 0.0316. The standard InChI is InChI=1S/C15H16N2O2/c1-11(12-5-3-2-4-6-12)19-14-9-7-13(8-10-14)15(16)17-18/h2-11,18H,1H3,(H2,16,17). The Bertz CT molecular complexity index is 550. The first-order valence-corrected chi connectivity index (χ1v) is 6.00. The normalized spacial score (nSPS) is 13.0. The average molecular weight is 256 g/mol. The number of ether oxygens (including phenoxy) is 1. The fourth-order valence-corrected chi connectivity index (χ4v) is 1.76. The van der Waals surface area contributed by atoms with Crippen LogP contribution in [0.25, 0.3) is 0 Å². The molecular weight excluding hydrogens is 240 g/mol. The van der Waals surface area contributed by atoms with E-state index < -0.39 is 0 Å². The zero-order valence-electron chi connectivity index (χ0n) is 10.7. The summed E-state index contributed by atoms with van der Waals surface area (Å²) < 4.78 is 5.83. The van der Waals surface area contributed by atoms with E-state index in [9.17, 15) is 0 Å². The molecule has 2 aromatic carbocycles. The van der Waals surface area contributed by atoms with Gasteiger partial charge in [0.1, 0.15) is 11.9 Å². The second kappa shape index (κ2) is 5.91. The van der Waals surface area contributed by atoms with Gasteiger partial charge in [0.2, 0.25) is 0 Å². The number of nitrogens with two attached hydrogens (primary N) is 1. The van der Waals surface area contributed by atoms with Gasteiger partial charge in [-0.25, -0.2) is 0 Å². The lowest BCUT2D eigenvalue weighted by Gasteiger charge is -2.15. The van der Waals surface area contributed by atoms with Crippen molar-refractivity contribution >= 4 is 5.84 Å². The molecule has 1 unspecified atom stereocenters. The Balaban J connectivity index is 2.08. The van der Waals surface area contributed by atoms with Gasteiger partial charge in [-0.3, -0.25) is 0 Å². The predicted molar refractivity (Wildman–Crippen MR) is 74.4 cm³/mol. The molecule has 98 valence electrons.